The van der Waals surface area contributed by atoms with E-state index in [1.54, 1.807) is 6.92 Å². The molecule has 0 fully saturated rings. The molecule has 144 valence electrons. The van der Waals surface area contributed by atoms with E-state index in [0.717, 1.165) is 5.56 Å². The highest BCUT2D eigenvalue weighted by Gasteiger charge is 2.30. The predicted molar refractivity (Wildman–Crippen MR) is 113 cm³/mol. The molecule has 2 atom stereocenters. The summed E-state index contributed by atoms with van der Waals surface area (Å²) in [7, 11) is 4.02. The number of carbonyl (C=O) groups excluding carboxylic acids is 1. The minimum absolute atomic E-state index is 0. The summed E-state index contributed by atoms with van der Waals surface area (Å²) < 4.78 is 0. The van der Waals surface area contributed by atoms with Crippen LogP contribution in [0.5, 0.6) is 0 Å². The van der Waals surface area contributed by atoms with E-state index >= 15 is 0 Å². The van der Waals surface area contributed by atoms with Crippen LogP contribution in [-0.2, 0) is 10.3 Å². The van der Waals surface area contributed by atoms with Gasteiger partial charge in [0.1, 0.15) is 5.54 Å². The smallest absolute Gasteiger partial charge is 0.244 e. The minimum Gasteiger partial charge on any atom is -0.352 e. The molecule has 2 aromatic rings. The summed E-state index contributed by atoms with van der Waals surface area (Å²) in [5.41, 5.74) is 8.42. The van der Waals surface area contributed by atoms with E-state index in [4.69, 9.17) is 5.73 Å². The van der Waals surface area contributed by atoms with Crippen molar-refractivity contribution >= 4 is 30.7 Å². The highest BCUT2D eigenvalue weighted by atomic mass is 35.5. The van der Waals surface area contributed by atoms with E-state index in [1.807, 2.05) is 44.4 Å². The number of nitrogens with two attached hydrogens (primary N) is 1. The molecular weight excluding hydrogens is 369 g/mol. The lowest BCUT2D eigenvalue weighted by atomic mass is 9.92. The average molecular weight is 398 g/mol. The van der Waals surface area contributed by atoms with Crippen molar-refractivity contribution in [2.24, 2.45) is 5.73 Å². The Balaban J connectivity index is 0.00000312. The summed E-state index contributed by atoms with van der Waals surface area (Å²) in [6.45, 7) is 4.32. The van der Waals surface area contributed by atoms with Crippen molar-refractivity contribution in [3.05, 3.63) is 71.3 Å². The molecule has 0 aromatic heterocycles. The van der Waals surface area contributed by atoms with Gasteiger partial charge < -0.3 is 16.0 Å². The highest BCUT2D eigenvalue weighted by Crippen LogP contribution is 2.20. The zero-order valence-electron chi connectivity index (χ0n) is 15.7. The lowest BCUT2D eigenvalue weighted by Gasteiger charge is -2.29. The van der Waals surface area contributed by atoms with Gasteiger partial charge in [0, 0.05) is 6.54 Å². The number of likely N-dealkylation sites (N-methyl/N-ethyl adjacent to an activating group) is 1. The monoisotopic (exact) mass is 397 g/mol. The van der Waals surface area contributed by atoms with Crippen molar-refractivity contribution in [1.82, 2.24) is 10.2 Å². The fraction of sp³-hybridized carbons (Fsp3) is 0.350. The van der Waals surface area contributed by atoms with Crippen molar-refractivity contribution < 1.29 is 4.79 Å². The summed E-state index contributed by atoms with van der Waals surface area (Å²) in [4.78, 5) is 14.7. The molecule has 0 saturated carbocycles. The van der Waals surface area contributed by atoms with Crippen LogP contribution in [0.15, 0.2) is 54.6 Å². The first-order valence-electron chi connectivity index (χ1n) is 8.18. The van der Waals surface area contributed by atoms with Crippen LogP contribution in [0.4, 0.5) is 0 Å². The lowest BCUT2D eigenvalue weighted by molar-refractivity contribution is -0.126. The number of rotatable bonds is 6. The molecule has 2 rings (SSSR count). The van der Waals surface area contributed by atoms with Gasteiger partial charge in [0.05, 0.1) is 6.04 Å². The van der Waals surface area contributed by atoms with Crippen molar-refractivity contribution in [2.45, 2.75) is 25.4 Å². The van der Waals surface area contributed by atoms with E-state index in [2.05, 4.69) is 41.4 Å². The summed E-state index contributed by atoms with van der Waals surface area (Å²) >= 11 is 0. The molecule has 6 heteroatoms. The second-order valence-electron chi connectivity index (χ2n) is 6.67. The second kappa shape index (κ2) is 10.5. The van der Waals surface area contributed by atoms with Gasteiger partial charge in [0.15, 0.2) is 0 Å². The molecule has 0 saturated heterocycles. The van der Waals surface area contributed by atoms with Crippen LogP contribution in [0, 0.1) is 6.92 Å². The molecule has 0 heterocycles. The molecule has 2 aromatic carbocycles. The third-order valence-electron chi connectivity index (χ3n) is 4.39. The van der Waals surface area contributed by atoms with Gasteiger partial charge in [-0.05, 0) is 39.1 Å². The number of halogens is 2. The maximum atomic E-state index is 12.6. The summed E-state index contributed by atoms with van der Waals surface area (Å²) in [5, 5.41) is 3.01. The van der Waals surface area contributed by atoms with E-state index < -0.39 is 5.54 Å². The van der Waals surface area contributed by atoms with Gasteiger partial charge in [-0.3, -0.25) is 4.79 Å². The topological polar surface area (TPSA) is 58.4 Å². The van der Waals surface area contributed by atoms with Gasteiger partial charge in [-0.2, -0.15) is 0 Å². The molecule has 2 unspecified atom stereocenters. The molecule has 1 amide bonds. The number of hydrogen-bond acceptors (Lipinski definition) is 3. The van der Waals surface area contributed by atoms with Crippen molar-refractivity contribution in [3.8, 4) is 0 Å². The summed E-state index contributed by atoms with van der Waals surface area (Å²) in [6.07, 6.45) is 0. The fourth-order valence-electron chi connectivity index (χ4n) is 2.68. The number of amides is 1. The number of carbonyl (C=O) groups is 1. The normalized spacial score (nSPS) is 13.8. The zero-order valence-corrected chi connectivity index (χ0v) is 17.4. The SMILES string of the molecule is Cc1ccc(C(CNC(=O)C(C)(N)c2ccccc2)N(C)C)cc1.Cl.Cl. The van der Waals surface area contributed by atoms with Crippen LogP contribution < -0.4 is 11.1 Å². The Kier molecular flexibility index (Phi) is 9.89. The first kappa shape index (κ1) is 24.4. The van der Waals surface area contributed by atoms with Crippen LogP contribution >= 0.6 is 24.8 Å². The number of benzene rings is 2. The molecule has 0 spiro atoms. The van der Waals surface area contributed by atoms with Crippen LogP contribution in [0.2, 0.25) is 0 Å². The minimum atomic E-state index is -1.05. The largest absolute Gasteiger partial charge is 0.352 e. The van der Waals surface area contributed by atoms with Gasteiger partial charge in [-0.1, -0.05) is 60.2 Å². The number of nitrogens with zero attached hydrogens (tertiary/aromatic N) is 1. The Hall–Kier alpha value is -1.59. The Morgan fingerprint density at radius 2 is 1.62 bits per heavy atom. The standard InChI is InChI=1S/C20H27N3O.2ClH/c1-15-10-12-16(13-11-15)18(23(3)4)14-22-19(24)20(2,21)17-8-6-5-7-9-17;;/h5-13,18H,14,21H2,1-4H3,(H,22,24);2*1H. The number of nitrogens with one attached hydrogen (secondary N) is 1. The van der Waals surface area contributed by atoms with E-state index in [1.165, 1.54) is 11.1 Å². The highest BCUT2D eigenvalue weighted by molar-refractivity contribution is 5.87. The lowest BCUT2D eigenvalue weighted by Crippen LogP contribution is -2.50. The van der Waals surface area contributed by atoms with Crippen molar-refractivity contribution in [3.63, 3.8) is 0 Å². The fourth-order valence-corrected chi connectivity index (χ4v) is 2.68. The van der Waals surface area contributed by atoms with Crippen LogP contribution in [0.25, 0.3) is 0 Å². The van der Waals surface area contributed by atoms with Gasteiger partial charge in [-0.25, -0.2) is 0 Å². The summed E-state index contributed by atoms with van der Waals surface area (Å²) in [5.74, 6) is -0.173. The number of hydrogen-bond donors (Lipinski definition) is 2. The Labute approximate surface area is 169 Å². The molecule has 0 aliphatic heterocycles. The molecule has 3 N–H and O–H groups in total. The van der Waals surface area contributed by atoms with E-state index in [0.29, 0.717) is 6.54 Å². The first-order valence-corrected chi connectivity index (χ1v) is 8.18. The van der Waals surface area contributed by atoms with Gasteiger partial charge in [0.25, 0.3) is 0 Å². The van der Waals surface area contributed by atoms with E-state index in [9.17, 15) is 4.79 Å². The maximum absolute atomic E-state index is 12.6. The van der Waals surface area contributed by atoms with Gasteiger partial charge in [0.2, 0.25) is 5.91 Å². The van der Waals surface area contributed by atoms with Gasteiger partial charge in [-0.15, -0.1) is 24.8 Å². The van der Waals surface area contributed by atoms with Crippen molar-refractivity contribution in [1.29, 1.82) is 0 Å². The van der Waals surface area contributed by atoms with Crippen LogP contribution in [-0.4, -0.2) is 31.4 Å². The van der Waals surface area contributed by atoms with E-state index in [-0.39, 0.29) is 36.8 Å². The maximum Gasteiger partial charge on any atom is 0.244 e. The predicted octanol–water partition coefficient (Wildman–Crippen LogP) is 3.43. The molecule has 0 aliphatic carbocycles. The molecule has 0 radical (unpaired) electrons. The Bertz CT molecular complexity index is 673. The third-order valence-corrected chi connectivity index (χ3v) is 4.39. The number of aryl methyl sites for hydroxylation is 1. The Morgan fingerprint density at radius 3 is 2.12 bits per heavy atom. The average Bonchev–Trinajstić information content (AvgIpc) is 2.57. The Morgan fingerprint density at radius 1 is 1.08 bits per heavy atom. The van der Waals surface area contributed by atoms with Gasteiger partial charge >= 0.3 is 0 Å². The molecule has 0 aliphatic rings. The van der Waals surface area contributed by atoms with Crippen LogP contribution in [0.3, 0.4) is 0 Å². The quantitative estimate of drug-likeness (QED) is 0.784. The van der Waals surface area contributed by atoms with Crippen molar-refractivity contribution in [2.75, 3.05) is 20.6 Å². The van der Waals surface area contributed by atoms with Crippen LogP contribution in [0.1, 0.15) is 29.7 Å². The molecule has 4 nitrogen and oxygen atoms in total. The summed E-state index contributed by atoms with van der Waals surface area (Å²) in [6, 6.07) is 17.9. The molecule has 0 bridgehead atoms. The zero-order chi connectivity index (χ0) is 17.7. The first-order chi connectivity index (χ1) is 11.3. The molecular formula is C20H29Cl2N3O. The molecule has 26 heavy (non-hydrogen) atoms. The third kappa shape index (κ3) is 5.99. The second-order valence-corrected chi connectivity index (χ2v) is 6.67.